The second-order valence-corrected chi connectivity index (χ2v) is 6.52. The second kappa shape index (κ2) is 4.26. The van der Waals surface area contributed by atoms with Crippen molar-refractivity contribution in [3.8, 4) is 0 Å². The van der Waals surface area contributed by atoms with Crippen LogP contribution in [0.4, 0.5) is 8.78 Å². The van der Waals surface area contributed by atoms with E-state index in [-0.39, 0.29) is 17.8 Å². The summed E-state index contributed by atoms with van der Waals surface area (Å²) in [6, 6.07) is 0. The van der Waals surface area contributed by atoms with Crippen LogP contribution in [0.1, 0.15) is 32.6 Å². The molecule has 4 aliphatic rings. The Morgan fingerprint density at radius 2 is 2.06 bits per heavy atom. The van der Waals surface area contributed by atoms with E-state index in [1.165, 1.54) is 6.42 Å². The molecule has 4 saturated carbocycles. The summed E-state index contributed by atoms with van der Waals surface area (Å²) in [4.78, 5) is 12.1. The summed E-state index contributed by atoms with van der Waals surface area (Å²) in [5.41, 5.74) is 0. The molecule has 2 nitrogen and oxygen atoms in total. The van der Waals surface area contributed by atoms with Crippen LogP contribution in [0.3, 0.4) is 0 Å². The summed E-state index contributed by atoms with van der Waals surface area (Å²) in [5, 5.41) is 0. The maximum absolute atomic E-state index is 12.7. The fourth-order valence-electron chi connectivity index (χ4n) is 4.38. The zero-order valence-electron chi connectivity index (χ0n) is 10.7. The van der Waals surface area contributed by atoms with Gasteiger partial charge in [-0.1, -0.05) is 0 Å². The quantitative estimate of drug-likeness (QED) is 0.775. The van der Waals surface area contributed by atoms with Crippen LogP contribution in [0.15, 0.2) is 0 Å². The number of rotatable bonds is 4. The first-order valence-electron chi connectivity index (χ1n) is 6.93. The van der Waals surface area contributed by atoms with Gasteiger partial charge in [-0.25, -0.2) is 8.78 Å². The molecule has 0 spiro atoms. The van der Waals surface area contributed by atoms with Gasteiger partial charge in [0.2, 0.25) is 0 Å². The van der Waals surface area contributed by atoms with E-state index < -0.39 is 12.5 Å². The molecule has 0 N–H and O–H groups in total. The molecule has 4 fully saturated rings. The smallest absolute Gasteiger partial charge is 0.268 e. The Morgan fingerprint density at radius 1 is 1.28 bits per heavy atom. The van der Waals surface area contributed by atoms with Gasteiger partial charge >= 0.3 is 0 Å². The number of alkyl halides is 2. The average Bonchev–Trinajstić information content (AvgIpc) is 2.27. The highest BCUT2D eigenvalue weighted by molar-refractivity contribution is 5.85. The van der Waals surface area contributed by atoms with Crippen molar-refractivity contribution in [2.75, 3.05) is 13.2 Å². The highest BCUT2D eigenvalue weighted by Crippen LogP contribution is 2.54. The second-order valence-electron chi connectivity index (χ2n) is 6.52. The predicted octanol–water partition coefficient (Wildman–Crippen LogP) is 2.91. The summed E-state index contributed by atoms with van der Waals surface area (Å²) in [6.45, 7) is 0.684. The van der Waals surface area contributed by atoms with E-state index >= 15 is 0 Å². The maximum Gasteiger partial charge on any atom is 0.268 e. The molecule has 5 unspecified atom stereocenters. The van der Waals surface area contributed by atoms with Crippen molar-refractivity contribution in [3.05, 3.63) is 0 Å². The number of carbonyl (C=O) groups excluding carboxylic acids is 1. The van der Waals surface area contributed by atoms with Crippen LogP contribution in [0, 0.1) is 29.6 Å². The lowest BCUT2D eigenvalue weighted by atomic mass is 9.51. The van der Waals surface area contributed by atoms with E-state index in [0.29, 0.717) is 24.2 Å². The van der Waals surface area contributed by atoms with E-state index in [0.717, 1.165) is 26.2 Å². The molecule has 102 valence electrons. The van der Waals surface area contributed by atoms with Crippen LogP contribution in [-0.4, -0.2) is 24.9 Å². The summed E-state index contributed by atoms with van der Waals surface area (Å²) >= 11 is 0. The zero-order valence-corrected chi connectivity index (χ0v) is 10.7. The van der Waals surface area contributed by atoms with Gasteiger partial charge in [0.15, 0.2) is 0 Å². The van der Waals surface area contributed by atoms with E-state index in [4.69, 9.17) is 4.74 Å². The van der Waals surface area contributed by atoms with Crippen molar-refractivity contribution in [1.29, 1.82) is 0 Å². The number of Topliss-reactive ketones (excluding diaryl/α,β-unsaturated/α-hetero) is 1. The van der Waals surface area contributed by atoms with Crippen LogP contribution in [0.25, 0.3) is 0 Å². The van der Waals surface area contributed by atoms with Crippen molar-refractivity contribution < 1.29 is 18.3 Å². The van der Waals surface area contributed by atoms with Crippen molar-refractivity contribution in [2.45, 2.75) is 38.5 Å². The van der Waals surface area contributed by atoms with Crippen LogP contribution in [-0.2, 0) is 9.53 Å². The monoisotopic (exact) mass is 258 g/mol. The molecule has 18 heavy (non-hydrogen) atoms. The zero-order chi connectivity index (χ0) is 12.9. The van der Waals surface area contributed by atoms with Gasteiger partial charge in [0, 0.05) is 18.8 Å². The van der Waals surface area contributed by atoms with Gasteiger partial charge in [-0.15, -0.1) is 0 Å². The van der Waals surface area contributed by atoms with E-state index in [1.807, 2.05) is 0 Å². The molecule has 0 aromatic carbocycles. The molecule has 4 aliphatic carbocycles. The molecule has 0 saturated heterocycles. The third-order valence-corrected chi connectivity index (χ3v) is 4.98. The lowest BCUT2D eigenvalue weighted by Crippen LogP contribution is -2.52. The minimum absolute atomic E-state index is 0.103. The highest BCUT2D eigenvalue weighted by atomic mass is 19.3. The Bertz CT molecular complexity index is 350. The van der Waals surface area contributed by atoms with E-state index in [2.05, 4.69) is 0 Å². The van der Waals surface area contributed by atoms with Crippen molar-refractivity contribution in [2.24, 2.45) is 29.6 Å². The Kier molecular flexibility index (Phi) is 2.96. The molecule has 0 radical (unpaired) electrons. The average molecular weight is 258 g/mol. The van der Waals surface area contributed by atoms with Gasteiger partial charge in [-0.2, -0.15) is 0 Å². The van der Waals surface area contributed by atoms with E-state index in [9.17, 15) is 13.6 Å². The third-order valence-electron chi connectivity index (χ3n) is 4.98. The third kappa shape index (κ3) is 2.20. The normalized spacial score (nSPS) is 42.6. The number of halogens is 2. The lowest BCUT2D eigenvalue weighted by molar-refractivity contribution is -0.153. The fraction of sp³-hybridized carbons (Fsp3) is 0.929. The van der Waals surface area contributed by atoms with Gasteiger partial charge < -0.3 is 4.74 Å². The fourth-order valence-corrected chi connectivity index (χ4v) is 4.38. The van der Waals surface area contributed by atoms with Crippen molar-refractivity contribution in [1.82, 2.24) is 0 Å². The first-order valence-corrected chi connectivity index (χ1v) is 6.93. The Morgan fingerprint density at radius 3 is 2.78 bits per heavy atom. The van der Waals surface area contributed by atoms with Gasteiger partial charge in [-0.3, -0.25) is 4.79 Å². The highest BCUT2D eigenvalue weighted by Gasteiger charge is 2.53. The van der Waals surface area contributed by atoms with Gasteiger partial charge in [0.05, 0.1) is 6.61 Å². The van der Waals surface area contributed by atoms with Gasteiger partial charge in [0.25, 0.3) is 5.92 Å². The summed E-state index contributed by atoms with van der Waals surface area (Å²) in [6.07, 6.45) is 4.20. The molecule has 4 heteroatoms. The van der Waals surface area contributed by atoms with E-state index in [1.54, 1.807) is 0 Å². The first kappa shape index (κ1) is 12.5. The number of carbonyl (C=O) groups is 1. The van der Waals surface area contributed by atoms with Gasteiger partial charge in [0.1, 0.15) is 12.4 Å². The molecule has 0 heterocycles. The molecule has 4 rings (SSSR count). The predicted molar refractivity (Wildman–Crippen MR) is 62.4 cm³/mol. The Hall–Kier alpha value is -0.510. The molecular weight excluding hydrogens is 238 g/mol. The summed E-state index contributed by atoms with van der Waals surface area (Å²) < 4.78 is 30.6. The Balaban J connectivity index is 1.61. The largest absolute Gasteiger partial charge is 0.375 e. The minimum atomic E-state index is -2.77. The molecule has 4 bridgehead atoms. The molecule has 0 aromatic heterocycles. The summed E-state index contributed by atoms with van der Waals surface area (Å²) in [7, 11) is 0. The molecule has 0 aromatic rings. The standard InChI is InChI=1S/C14H20F2O2/c1-14(15,16)7-18-6-12-9-2-8-3-10(5-9)13(17)11(12)4-8/h8-12H,2-7H2,1H3. The first-order chi connectivity index (χ1) is 8.44. The van der Waals surface area contributed by atoms with Crippen molar-refractivity contribution >= 4 is 5.78 Å². The molecule has 0 amide bonds. The maximum atomic E-state index is 12.7. The number of hydrogen-bond acceptors (Lipinski definition) is 2. The topological polar surface area (TPSA) is 26.3 Å². The molecule has 5 atom stereocenters. The van der Waals surface area contributed by atoms with Gasteiger partial charge in [-0.05, 0) is 43.4 Å². The molecular formula is C14H20F2O2. The van der Waals surface area contributed by atoms with Crippen LogP contribution < -0.4 is 0 Å². The number of hydrogen-bond donors (Lipinski definition) is 0. The minimum Gasteiger partial charge on any atom is -0.375 e. The van der Waals surface area contributed by atoms with Crippen LogP contribution in [0.2, 0.25) is 0 Å². The SMILES string of the molecule is CC(F)(F)COCC1C2CC3CC(C2)C(=O)C1C3. The van der Waals surface area contributed by atoms with Crippen LogP contribution in [0.5, 0.6) is 0 Å². The van der Waals surface area contributed by atoms with Crippen LogP contribution >= 0.6 is 0 Å². The molecule has 0 aliphatic heterocycles. The number of ether oxygens (including phenoxy) is 1. The van der Waals surface area contributed by atoms with Crippen molar-refractivity contribution in [3.63, 3.8) is 0 Å². The Labute approximate surface area is 106 Å². The number of ketones is 1. The lowest BCUT2D eigenvalue weighted by Gasteiger charge is -2.53. The summed E-state index contributed by atoms with van der Waals surface area (Å²) in [5.74, 6) is -0.554.